The molecule has 3 N–H and O–H groups in total. The molecule has 4 nitrogen and oxygen atoms in total. The number of hydrogen-bond acceptors (Lipinski definition) is 2. The van der Waals surface area contributed by atoms with Crippen LogP contribution in [0.15, 0.2) is 60.7 Å². The van der Waals surface area contributed by atoms with Crippen molar-refractivity contribution in [1.29, 1.82) is 0 Å². The van der Waals surface area contributed by atoms with Crippen LogP contribution in [0.3, 0.4) is 0 Å². The first-order valence-electron chi connectivity index (χ1n) is 7.97. The number of benzene rings is 3. The van der Waals surface area contributed by atoms with Crippen molar-refractivity contribution >= 4 is 56.8 Å². The van der Waals surface area contributed by atoms with Gasteiger partial charge in [0.1, 0.15) is 6.04 Å². The van der Waals surface area contributed by atoms with E-state index in [2.05, 4.69) is 27.9 Å². The molecule has 0 saturated carbocycles. The second kappa shape index (κ2) is 8.05. The van der Waals surface area contributed by atoms with Crippen LogP contribution >= 0.6 is 34.2 Å². The van der Waals surface area contributed by atoms with Gasteiger partial charge in [-0.2, -0.15) is 0 Å². The average Bonchev–Trinajstić information content (AvgIpc) is 2.63. The SMILES string of the molecule is NC(=O)[C@H](Cc1ccc2ccccc2c1)NC(=O)c1ccc(I)c(Cl)c1. The van der Waals surface area contributed by atoms with Gasteiger partial charge in [0.15, 0.2) is 0 Å². The van der Waals surface area contributed by atoms with Crippen molar-refractivity contribution in [2.24, 2.45) is 5.73 Å². The van der Waals surface area contributed by atoms with E-state index >= 15 is 0 Å². The summed E-state index contributed by atoms with van der Waals surface area (Å²) in [5, 5.41) is 5.38. The molecule has 0 aliphatic carbocycles. The van der Waals surface area contributed by atoms with E-state index in [0.29, 0.717) is 17.0 Å². The highest BCUT2D eigenvalue weighted by Gasteiger charge is 2.20. The largest absolute Gasteiger partial charge is 0.368 e. The number of amides is 2. The second-order valence-corrected chi connectivity index (χ2v) is 7.51. The third kappa shape index (κ3) is 4.34. The van der Waals surface area contributed by atoms with Crippen LogP contribution in [0.25, 0.3) is 10.8 Å². The Labute approximate surface area is 169 Å². The fourth-order valence-corrected chi connectivity index (χ4v) is 3.22. The van der Waals surface area contributed by atoms with Crippen LogP contribution in [0, 0.1) is 3.57 Å². The zero-order chi connectivity index (χ0) is 18.7. The van der Waals surface area contributed by atoms with Gasteiger partial charge in [-0.05, 0) is 57.1 Å². The minimum atomic E-state index is -0.804. The summed E-state index contributed by atoms with van der Waals surface area (Å²) in [6.07, 6.45) is 0.323. The van der Waals surface area contributed by atoms with Crippen LogP contribution < -0.4 is 11.1 Å². The number of carbonyl (C=O) groups excluding carboxylic acids is 2. The van der Waals surface area contributed by atoms with Gasteiger partial charge in [-0.25, -0.2) is 0 Å². The van der Waals surface area contributed by atoms with Gasteiger partial charge in [0.2, 0.25) is 5.91 Å². The minimum absolute atomic E-state index is 0.323. The number of carbonyl (C=O) groups is 2. The summed E-state index contributed by atoms with van der Waals surface area (Å²) in [6, 6.07) is 18.1. The molecule has 0 unspecified atom stereocenters. The van der Waals surface area contributed by atoms with E-state index in [4.69, 9.17) is 17.3 Å². The zero-order valence-electron chi connectivity index (χ0n) is 13.7. The maximum Gasteiger partial charge on any atom is 0.251 e. The molecule has 0 aliphatic rings. The molecule has 3 aromatic carbocycles. The van der Waals surface area contributed by atoms with Gasteiger partial charge < -0.3 is 11.1 Å². The third-order valence-corrected chi connectivity index (χ3v) is 5.66. The van der Waals surface area contributed by atoms with Crippen molar-refractivity contribution in [3.8, 4) is 0 Å². The normalized spacial score (nSPS) is 11.9. The Morgan fingerprint density at radius 1 is 1.04 bits per heavy atom. The van der Waals surface area contributed by atoms with Crippen LogP contribution in [0.5, 0.6) is 0 Å². The summed E-state index contributed by atoms with van der Waals surface area (Å²) in [7, 11) is 0. The molecule has 1 atom stereocenters. The molecule has 3 rings (SSSR count). The van der Waals surface area contributed by atoms with Gasteiger partial charge in [-0.15, -0.1) is 0 Å². The van der Waals surface area contributed by atoms with Crippen LogP contribution in [0.2, 0.25) is 5.02 Å². The number of nitrogens with two attached hydrogens (primary N) is 1. The van der Waals surface area contributed by atoms with Gasteiger partial charge in [-0.1, -0.05) is 54.1 Å². The Morgan fingerprint density at radius 2 is 1.77 bits per heavy atom. The van der Waals surface area contributed by atoms with E-state index < -0.39 is 11.9 Å². The number of hydrogen-bond donors (Lipinski definition) is 2. The average molecular weight is 479 g/mol. The molecule has 3 aromatic rings. The van der Waals surface area contributed by atoms with E-state index in [1.54, 1.807) is 18.2 Å². The Kier molecular flexibility index (Phi) is 5.78. The fraction of sp³-hybridized carbons (Fsp3) is 0.100. The molecular weight excluding hydrogens is 463 g/mol. The molecule has 0 fully saturated rings. The monoisotopic (exact) mass is 478 g/mol. The van der Waals surface area contributed by atoms with Gasteiger partial charge in [0.25, 0.3) is 5.91 Å². The van der Waals surface area contributed by atoms with Gasteiger partial charge in [0, 0.05) is 15.6 Å². The van der Waals surface area contributed by atoms with E-state index in [1.165, 1.54) is 0 Å². The highest BCUT2D eigenvalue weighted by molar-refractivity contribution is 14.1. The van der Waals surface area contributed by atoms with Crippen LogP contribution in [-0.4, -0.2) is 17.9 Å². The van der Waals surface area contributed by atoms with Crippen LogP contribution in [-0.2, 0) is 11.2 Å². The maximum absolute atomic E-state index is 12.4. The van der Waals surface area contributed by atoms with Crippen molar-refractivity contribution in [3.63, 3.8) is 0 Å². The zero-order valence-corrected chi connectivity index (χ0v) is 16.6. The predicted octanol–water partition coefficient (Wildman–Crippen LogP) is 3.92. The lowest BCUT2D eigenvalue weighted by Gasteiger charge is -2.16. The first kappa shape index (κ1) is 18.7. The van der Waals surface area contributed by atoms with Crippen LogP contribution in [0.1, 0.15) is 15.9 Å². The smallest absolute Gasteiger partial charge is 0.251 e. The highest BCUT2D eigenvalue weighted by atomic mass is 127. The molecule has 0 spiro atoms. The van der Waals surface area contributed by atoms with Gasteiger partial charge in [0.05, 0.1) is 5.02 Å². The number of nitrogens with one attached hydrogen (secondary N) is 1. The Hall–Kier alpha value is -2.12. The fourth-order valence-electron chi connectivity index (χ4n) is 2.70. The summed E-state index contributed by atoms with van der Waals surface area (Å²) in [5.41, 5.74) is 6.81. The molecular formula is C20H16ClIN2O2. The molecule has 2 amide bonds. The van der Waals surface area contributed by atoms with Gasteiger partial charge >= 0.3 is 0 Å². The maximum atomic E-state index is 12.4. The lowest BCUT2D eigenvalue weighted by Crippen LogP contribution is -2.45. The van der Waals surface area contributed by atoms with Gasteiger partial charge in [-0.3, -0.25) is 9.59 Å². The van der Waals surface area contributed by atoms with Crippen LogP contribution in [0.4, 0.5) is 0 Å². The van der Waals surface area contributed by atoms with Crippen molar-refractivity contribution < 1.29 is 9.59 Å². The summed E-state index contributed by atoms with van der Waals surface area (Å²) in [6.45, 7) is 0. The first-order chi connectivity index (χ1) is 12.4. The summed E-state index contributed by atoms with van der Waals surface area (Å²) >= 11 is 8.15. The van der Waals surface area contributed by atoms with Crippen molar-refractivity contribution in [3.05, 3.63) is 80.4 Å². The van der Waals surface area contributed by atoms with E-state index in [-0.39, 0.29) is 5.91 Å². The molecule has 6 heteroatoms. The minimum Gasteiger partial charge on any atom is -0.368 e. The summed E-state index contributed by atoms with van der Waals surface area (Å²) < 4.78 is 0.850. The summed E-state index contributed by atoms with van der Waals surface area (Å²) in [4.78, 5) is 24.3. The lowest BCUT2D eigenvalue weighted by atomic mass is 10.0. The molecule has 0 bridgehead atoms. The summed E-state index contributed by atoms with van der Waals surface area (Å²) in [5.74, 6) is -0.962. The number of primary amides is 1. The van der Waals surface area contributed by atoms with E-state index in [9.17, 15) is 9.59 Å². The van der Waals surface area contributed by atoms with E-state index in [0.717, 1.165) is 19.9 Å². The molecule has 26 heavy (non-hydrogen) atoms. The molecule has 0 heterocycles. The molecule has 0 radical (unpaired) electrons. The molecule has 132 valence electrons. The molecule has 0 saturated heterocycles. The number of rotatable bonds is 5. The number of halogens is 2. The van der Waals surface area contributed by atoms with Crippen molar-refractivity contribution in [2.45, 2.75) is 12.5 Å². The number of fused-ring (bicyclic) bond motifs is 1. The van der Waals surface area contributed by atoms with E-state index in [1.807, 2.05) is 42.5 Å². The highest BCUT2D eigenvalue weighted by Crippen LogP contribution is 2.20. The third-order valence-electron chi connectivity index (χ3n) is 4.08. The Balaban J connectivity index is 1.78. The predicted molar refractivity (Wildman–Crippen MR) is 112 cm³/mol. The second-order valence-electron chi connectivity index (χ2n) is 5.94. The topological polar surface area (TPSA) is 72.2 Å². The van der Waals surface area contributed by atoms with Crippen molar-refractivity contribution in [1.82, 2.24) is 5.32 Å². The lowest BCUT2D eigenvalue weighted by molar-refractivity contribution is -0.119. The van der Waals surface area contributed by atoms with Crippen molar-refractivity contribution in [2.75, 3.05) is 0 Å². The standard InChI is InChI=1S/C20H16ClIN2O2/c21-16-11-15(7-8-17(16)22)20(26)24-18(19(23)25)10-12-5-6-13-3-1-2-4-14(13)9-12/h1-9,11,18H,10H2,(H2,23,25)(H,24,26)/t18-/m0/s1. The first-order valence-corrected chi connectivity index (χ1v) is 9.42. The Morgan fingerprint density at radius 3 is 2.46 bits per heavy atom. The Bertz CT molecular complexity index is 990. The quantitative estimate of drug-likeness (QED) is 0.546. The molecule has 0 aliphatic heterocycles. The molecule has 0 aromatic heterocycles.